The van der Waals surface area contributed by atoms with Gasteiger partial charge in [0.15, 0.2) is 0 Å². The van der Waals surface area contributed by atoms with Crippen molar-refractivity contribution in [3.63, 3.8) is 0 Å². The summed E-state index contributed by atoms with van der Waals surface area (Å²) in [4.78, 5) is 19.6. The van der Waals surface area contributed by atoms with Crippen molar-refractivity contribution in [3.8, 4) is 0 Å². The number of nitrogens with zero attached hydrogens (tertiary/aromatic N) is 2. The Bertz CT molecular complexity index is 739. The van der Waals surface area contributed by atoms with Crippen LogP contribution >= 0.6 is 11.3 Å². The second kappa shape index (κ2) is 6.67. The lowest BCUT2D eigenvalue weighted by Crippen LogP contribution is -2.39. The molecule has 1 aromatic heterocycles. The number of piperidine rings is 1. The molecule has 1 aliphatic carbocycles. The molecule has 0 unspecified atom stereocenters. The summed E-state index contributed by atoms with van der Waals surface area (Å²) in [7, 11) is 0. The molecule has 2 aliphatic rings. The van der Waals surface area contributed by atoms with Gasteiger partial charge in [-0.1, -0.05) is 24.3 Å². The van der Waals surface area contributed by atoms with Gasteiger partial charge in [-0.25, -0.2) is 4.98 Å². The third-order valence-electron chi connectivity index (χ3n) is 5.44. The van der Waals surface area contributed by atoms with E-state index in [4.69, 9.17) is 0 Å². The highest BCUT2D eigenvalue weighted by molar-refractivity contribution is 7.09. The highest BCUT2D eigenvalue weighted by atomic mass is 32.1. The van der Waals surface area contributed by atoms with Crippen molar-refractivity contribution in [3.05, 3.63) is 51.5 Å². The fourth-order valence-electron chi connectivity index (χ4n) is 4.16. The van der Waals surface area contributed by atoms with E-state index in [2.05, 4.69) is 39.5 Å². The van der Waals surface area contributed by atoms with Crippen LogP contribution in [-0.4, -0.2) is 28.9 Å². The van der Waals surface area contributed by atoms with Crippen molar-refractivity contribution >= 4 is 17.2 Å². The van der Waals surface area contributed by atoms with E-state index in [1.54, 1.807) is 11.3 Å². The van der Waals surface area contributed by atoms with Crippen LogP contribution in [0.3, 0.4) is 0 Å². The minimum atomic E-state index is 0.328. The molecule has 3 nitrogen and oxygen atoms in total. The second-order valence-electron chi connectivity index (χ2n) is 7.14. The molecule has 1 saturated heterocycles. The number of likely N-dealkylation sites (tertiary alicyclic amines) is 1. The molecule has 0 N–H and O–H groups in total. The topological polar surface area (TPSA) is 33.2 Å². The molecule has 0 spiro atoms. The van der Waals surface area contributed by atoms with Crippen LogP contribution in [0.2, 0.25) is 0 Å². The van der Waals surface area contributed by atoms with Gasteiger partial charge in [0, 0.05) is 36.5 Å². The van der Waals surface area contributed by atoms with E-state index in [0.717, 1.165) is 44.5 Å². The van der Waals surface area contributed by atoms with Crippen molar-refractivity contribution < 1.29 is 4.79 Å². The number of carbonyl (C=O) groups is 1. The molecule has 1 amide bonds. The molecule has 0 saturated carbocycles. The lowest BCUT2D eigenvalue weighted by Gasteiger charge is -2.32. The van der Waals surface area contributed by atoms with Gasteiger partial charge < -0.3 is 4.90 Å². The van der Waals surface area contributed by atoms with Gasteiger partial charge in [-0.05, 0) is 49.7 Å². The molecule has 4 rings (SSSR count). The Balaban J connectivity index is 1.41. The number of thiazole rings is 1. The minimum absolute atomic E-state index is 0.328. The van der Waals surface area contributed by atoms with Gasteiger partial charge in [0.2, 0.25) is 5.91 Å². The molecule has 2 heterocycles. The van der Waals surface area contributed by atoms with Gasteiger partial charge in [0.1, 0.15) is 0 Å². The van der Waals surface area contributed by atoms with Crippen LogP contribution in [-0.2, 0) is 11.2 Å². The standard InChI is InChI=1S/C20H24N2OS/c1-14-13-24-20(21-14)17-6-4-10-22(12-17)19(23)11-16-9-8-15-5-2-3-7-18(15)16/h2-3,5,7,13,16-17H,4,6,8-12H2,1H3/t16-,17-/m0/s1. The van der Waals surface area contributed by atoms with Crippen molar-refractivity contribution in [2.45, 2.75) is 50.9 Å². The van der Waals surface area contributed by atoms with Crippen molar-refractivity contribution in [2.75, 3.05) is 13.1 Å². The Labute approximate surface area is 147 Å². The summed E-state index contributed by atoms with van der Waals surface area (Å²) in [6, 6.07) is 8.62. The maximum Gasteiger partial charge on any atom is 0.223 e. The van der Waals surface area contributed by atoms with Gasteiger partial charge >= 0.3 is 0 Å². The average Bonchev–Trinajstić information content (AvgIpc) is 3.22. The molecule has 0 bridgehead atoms. The number of amides is 1. The van der Waals surface area contributed by atoms with Crippen molar-refractivity contribution in [2.24, 2.45) is 0 Å². The summed E-state index contributed by atoms with van der Waals surface area (Å²) in [5, 5.41) is 3.32. The Morgan fingerprint density at radius 1 is 1.33 bits per heavy atom. The first-order valence-electron chi connectivity index (χ1n) is 8.98. The Morgan fingerprint density at radius 3 is 3.04 bits per heavy atom. The molecule has 1 fully saturated rings. The van der Waals surface area contributed by atoms with Gasteiger partial charge in [-0.3, -0.25) is 4.79 Å². The van der Waals surface area contributed by atoms with E-state index in [1.165, 1.54) is 16.1 Å². The number of aromatic nitrogens is 1. The first-order valence-corrected chi connectivity index (χ1v) is 9.86. The van der Waals surface area contributed by atoms with E-state index < -0.39 is 0 Å². The zero-order valence-electron chi connectivity index (χ0n) is 14.2. The zero-order chi connectivity index (χ0) is 16.5. The normalized spacial score (nSPS) is 23.3. The summed E-state index contributed by atoms with van der Waals surface area (Å²) < 4.78 is 0. The smallest absolute Gasteiger partial charge is 0.223 e. The third-order valence-corrected chi connectivity index (χ3v) is 6.56. The number of carbonyl (C=O) groups excluding carboxylic acids is 1. The fraction of sp³-hybridized carbons (Fsp3) is 0.500. The molecule has 2 atom stereocenters. The zero-order valence-corrected chi connectivity index (χ0v) is 15.0. The van der Waals surface area contributed by atoms with E-state index in [9.17, 15) is 4.79 Å². The van der Waals surface area contributed by atoms with Crippen LogP contribution < -0.4 is 0 Å². The van der Waals surface area contributed by atoms with Crippen LogP contribution in [0.5, 0.6) is 0 Å². The first kappa shape index (κ1) is 15.8. The van der Waals surface area contributed by atoms with E-state index in [1.807, 2.05) is 6.92 Å². The Morgan fingerprint density at radius 2 is 2.21 bits per heavy atom. The maximum atomic E-state index is 12.9. The molecule has 2 aromatic rings. The predicted octanol–water partition coefficient (Wildman–Crippen LogP) is 4.28. The Kier molecular flexibility index (Phi) is 4.40. The third kappa shape index (κ3) is 3.12. The quantitative estimate of drug-likeness (QED) is 0.835. The number of aryl methyl sites for hydroxylation is 2. The van der Waals surface area contributed by atoms with Crippen molar-refractivity contribution in [1.82, 2.24) is 9.88 Å². The van der Waals surface area contributed by atoms with E-state index in [0.29, 0.717) is 24.2 Å². The number of hydrogen-bond acceptors (Lipinski definition) is 3. The average molecular weight is 340 g/mol. The summed E-state index contributed by atoms with van der Waals surface area (Å²) >= 11 is 1.74. The lowest BCUT2D eigenvalue weighted by atomic mass is 9.94. The van der Waals surface area contributed by atoms with E-state index in [-0.39, 0.29) is 0 Å². The summed E-state index contributed by atoms with van der Waals surface area (Å²) in [5.74, 6) is 1.17. The van der Waals surface area contributed by atoms with Crippen LogP contribution in [0.25, 0.3) is 0 Å². The SMILES string of the molecule is Cc1csc([C@H]2CCCN(C(=O)C[C@@H]3CCc4ccccc43)C2)n1. The molecule has 126 valence electrons. The number of benzene rings is 1. The molecule has 0 radical (unpaired) electrons. The first-order chi connectivity index (χ1) is 11.7. The molecule has 1 aromatic carbocycles. The minimum Gasteiger partial charge on any atom is -0.342 e. The van der Waals surface area contributed by atoms with Gasteiger partial charge in [-0.15, -0.1) is 11.3 Å². The number of rotatable bonds is 3. The summed E-state index contributed by atoms with van der Waals surface area (Å²) in [5.41, 5.74) is 3.93. The van der Waals surface area contributed by atoms with Crippen LogP contribution in [0.4, 0.5) is 0 Å². The number of hydrogen-bond donors (Lipinski definition) is 0. The van der Waals surface area contributed by atoms with Crippen LogP contribution in [0.15, 0.2) is 29.6 Å². The highest BCUT2D eigenvalue weighted by Crippen LogP contribution is 2.36. The number of fused-ring (bicyclic) bond motifs is 1. The lowest BCUT2D eigenvalue weighted by molar-refractivity contribution is -0.132. The van der Waals surface area contributed by atoms with Gasteiger partial charge in [0.05, 0.1) is 5.01 Å². The van der Waals surface area contributed by atoms with E-state index >= 15 is 0 Å². The van der Waals surface area contributed by atoms with Gasteiger partial charge in [0.25, 0.3) is 0 Å². The molecule has 4 heteroatoms. The maximum absolute atomic E-state index is 12.9. The molecular formula is C20H24N2OS. The van der Waals surface area contributed by atoms with Crippen molar-refractivity contribution in [1.29, 1.82) is 0 Å². The molecule has 1 aliphatic heterocycles. The predicted molar refractivity (Wildman–Crippen MR) is 97.5 cm³/mol. The molecule has 24 heavy (non-hydrogen) atoms. The van der Waals surface area contributed by atoms with Crippen LogP contribution in [0, 0.1) is 6.92 Å². The monoisotopic (exact) mass is 340 g/mol. The summed E-state index contributed by atoms with van der Waals surface area (Å²) in [6.07, 6.45) is 5.16. The molecular weight excluding hydrogens is 316 g/mol. The fourth-order valence-corrected chi connectivity index (χ4v) is 5.09. The summed E-state index contributed by atoms with van der Waals surface area (Å²) in [6.45, 7) is 3.80. The van der Waals surface area contributed by atoms with Gasteiger partial charge in [-0.2, -0.15) is 0 Å². The highest BCUT2D eigenvalue weighted by Gasteiger charge is 2.30. The Hall–Kier alpha value is -1.68. The largest absolute Gasteiger partial charge is 0.342 e. The van der Waals surface area contributed by atoms with Crippen LogP contribution in [0.1, 0.15) is 59.3 Å². The second-order valence-corrected chi connectivity index (χ2v) is 8.03.